The van der Waals surface area contributed by atoms with Crippen LogP contribution in [0.1, 0.15) is 65.2 Å². The lowest BCUT2D eigenvalue weighted by Crippen LogP contribution is -2.52. The zero-order chi connectivity index (χ0) is 31.4. The van der Waals surface area contributed by atoms with E-state index in [-0.39, 0.29) is 50.6 Å². The molecule has 0 bridgehead atoms. The van der Waals surface area contributed by atoms with E-state index in [2.05, 4.69) is 10.6 Å². The molecule has 18 heteroatoms. The highest BCUT2D eigenvalue weighted by Crippen LogP contribution is 2.10. The van der Waals surface area contributed by atoms with Gasteiger partial charge in [-0.3, -0.25) is 38.5 Å². The lowest BCUT2D eigenvalue weighted by Gasteiger charge is -2.29. The number of rotatable bonds is 21. The molecule has 0 aromatic carbocycles. The maximum atomic E-state index is 12.4. The summed E-state index contributed by atoms with van der Waals surface area (Å²) in [4.78, 5) is 85.5. The van der Waals surface area contributed by atoms with Crippen molar-refractivity contribution in [2.24, 2.45) is 5.92 Å². The van der Waals surface area contributed by atoms with Gasteiger partial charge in [-0.15, -0.1) is 0 Å². The number of nitrogens with one attached hydrogen (secondary N) is 6. The molecule has 0 heterocycles. The first-order valence-corrected chi connectivity index (χ1v) is 13.2. The molecule has 0 saturated heterocycles. The Labute approximate surface area is 246 Å². The molecule has 0 saturated carbocycles. The van der Waals surface area contributed by atoms with Gasteiger partial charge in [0, 0.05) is 25.3 Å². The monoisotopic (exact) mass is 567 g/mol. The first kappa shape index (κ1) is 37.7. The van der Waals surface area contributed by atoms with E-state index in [1.54, 1.807) is 13.8 Å². The van der Waals surface area contributed by atoms with Crippen LogP contribution >= 0.6 is 0 Å². The third-order valence-corrected chi connectivity index (χ3v) is 6.03. The highest BCUT2D eigenvalue weighted by molar-refractivity contribution is 6.17. The molecule has 0 aromatic heterocycles. The van der Waals surface area contributed by atoms with Crippen LogP contribution in [0.2, 0.25) is 0 Å². The molecule has 0 aromatic rings. The third kappa shape index (κ3) is 16.5. The number of Topliss-reactive ketones (excluding diaryl/α,β-unsaturated/α-hetero) is 1. The van der Waals surface area contributed by atoms with Crippen LogP contribution < -0.4 is 31.5 Å². The van der Waals surface area contributed by atoms with E-state index in [0.717, 1.165) is 0 Å². The fourth-order valence-electron chi connectivity index (χ4n) is 3.71. The summed E-state index contributed by atoms with van der Waals surface area (Å²) in [5, 5.41) is 12.8. The highest BCUT2D eigenvalue weighted by Gasteiger charge is 2.28. The Kier molecular flexibility index (Phi) is 19.7. The fourth-order valence-corrected chi connectivity index (χ4v) is 3.71. The highest BCUT2D eigenvalue weighted by atomic mass is 16.2. The van der Waals surface area contributed by atoms with Gasteiger partial charge in [0.2, 0.25) is 67.4 Å². The number of nitrogens with zero attached hydrogens (tertiary/aromatic N) is 1. The van der Waals surface area contributed by atoms with Crippen LogP contribution in [0, 0.1) is 5.92 Å². The smallest absolute Gasteiger partial charge is 0.230 e. The average Bonchev–Trinajstić information content (AvgIpc) is 2.95. The second-order valence-electron chi connectivity index (χ2n) is 9.57. The summed E-state index contributed by atoms with van der Waals surface area (Å²) < 4.78 is 0. The van der Waals surface area contributed by atoms with Gasteiger partial charge in [-0.05, 0) is 32.1 Å². The topological polar surface area (TPSA) is 195 Å². The van der Waals surface area contributed by atoms with Crippen molar-refractivity contribution < 1.29 is 33.6 Å². The molecule has 2 atom stereocenters. The molecule has 218 valence electrons. The SMILES string of the molecule is [B]NC(=O)CN(CC(=O)N[B])[C@@H](CCCCNC(=O)C[C@H](NC(=O)CCCCC(=O)C(C)C)C(=O)N[B])C(=O)N[B]. The van der Waals surface area contributed by atoms with E-state index < -0.39 is 47.5 Å². The maximum Gasteiger partial charge on any atom is 0.230 e. The van der Waals surface area contributed by atoms with E-state index in [0.29, 0.717) is 32.1 Å². The van der Waals surface area contributed by atoms with Crippen molar-refractivity contribution in [3.63, 3.8) is 0 Å². The van der Waals surface area contributed by atoms with Crippen molar-refractivity contribution in [3.8, 4) is 0 Å². The summed E-state index contributed by atoms with van der Waals surface area (Å²) in [7, 11) is 20.7. The largest absolute Gasteiger partial charge is 0.408 e. The van der Waals surface area contributed by atoms with Gasteiger partial charge in [0.25, 0.3) is 0 Å². The molecule has 0 aliphatic heterocycles. The first-order valence-electron chi connectivity index (χ1n) is 13.2. The molecule has 8 radical (unpaired) electrons. The van der Waals surface area contributed by atoms with Crippen molar-refractivity contribution in [1.82, 2.24) is 36.4 Å². The number of unbranched alkanes of at least 4 members (excludes halogenated alkanes) is 2. The van der Waals surface area contributed by atoms with Crippen molar-refractivity contribution in [1.29, 1.82) is 0 Å². The van der Waals surface area contributed by atoms with Gasteiger partial charge >= 0.3 is 0 Å². The van der Waals surface area contributed by atoms with Crippen LogP contribution in [0.3, 0.4) is 0 Å². The van der Waals surface area contributed by atoms with Crippen LogP contribution in [0.5, 0.6) is 0 Å². The zero-order valence-electron chi connectivity index (χ0n) is 23.6. The standard InChI is InChI=1S/C23H37B4N7O7/c1-14(2)17(35)8-3-4-9-18(36)29-15(22(40)32-26)11-19(37)28-10-6-5-7-16(23(41)33-27)34(12-20(38)30-24)13-21(39)31-25/h14-16H,3-13H2,1-2H3,(H,28,37)(H,29,36)(H,30,38)(H,31,39)(H,32,40)(H,33,41)/t15-,16-/m0/s1. The summed E-state index contributed by atoms with van der Waals surface area (Å²) in [5.41, 5.74) is 0. The van der Waals surface area contributed by atoms with Crippen molar-refractivity contribution in [3.05, 3.63) is 0 Å². The minimum absolute atomic E-state index is 0.0735. The second kappa shape index (κ2) is 21.5. The maximum absolute atomic E-state index is 12.4. The molecular weight excluding hydrogens is 530 g/mol. The minimum atomic E-state index is -1.20. The molecule has 0 aliphatic rings. The zero-order valence-corrected chi connectivity index (χ0v) is 23.6. The predicted octanol–water partition coefficient (Wildman–Crippen LogP) is -3.60. The minimum Gasteiger partial charge on any atom is -0.408 e. The number of amides is 6. The van der Waals surface area contributed by atoms with E-state index in [1.165, 1.54) is 4.90 Å². The molecule has 14 nitrogen and oxygen atoms in total. The molecular formula is C23H37B4N7O7. The predicted molar refractivity (Wildman–Crippen MR) is 153 cm³/mol. The molecule has 6 N–H and O–H groups in total. The second-order valence-corrected chi connectivity index (χ2v) is 9.57. The van der Waals surface area contributed by atoms with Gasteiger partial charge in [0.1, 0.15) is 11.8 Å². The molecule has 6 amide bonds. The van der Waals surface area contributed by atoms with Crippen molar-refractivity contribution >= 4 is 73.2 Å². The van der Waals surface area contributed by atoms with Crippen LogP contribution in [0.25, 0.3) is 0 Å². The summed E-state index contributed by atoms with van der Waals surface area (Å²) in [6.45, 7) is 3.00. The van der Waals surface area contributed by atoms with Gasteiger partial charge in [0.05, 0.1) is 25.6 Å². The number of hydrogen-bond acceptors (Lipinski definition) is 8. The molecule has 0 unspecified atom stereocenters. The Balaban J connectivity index is 4.82. The molecule has 0 fully saturated rings. The van der Waals surface area contributed by atoms with Gasteiger partial charge in [0.15, 0.2) is 0 Å². The van der Waals surface area contributed by atoms with E-state index in [4.69, 9.17) is 31.9 Å². The number of carbonyl (C=O) groups is 7. The number of hydrogen-bond donors (Lipinski definition) is 6. The van der Waals surface area contributed by atoms with Crippen LogP contribution in [0.4, 0.5) is 0 Å². The van der Waals surface area contributed by atoms with Crippen LogP contribution in [-0.4, -0.2) is 110 Å². The van der Waals surface area contributed by atoms with Gasteiger partial charge in [-0.25, -0.2) is 0 Å². The van der Waals surface area contributed by atoms with Crippen LogP contribution in [-0.2, 0) is 33.6 Å². The summed E-state index contributed by atoms with van der Waals surface area (Å²) >= 11 is 0. The summed E-state index contributed by atoms with van der Waals surface area (Å²) in [5.74, 6) is -3.65. The Morgan fingerprint density at radius 3 is 1.73 bits per heavy atom. The third-order valence-electron chi connectivity index (χ3n) is 6.03. The van der Waals surface area contributed by atoms with Gasteiger partial charge in [-0.1, -0.05) is 13.8 Å². The summed E-state index contributed by atoms with van der Waals surface area (Å²) in [6, 6.07) is -2.18. The fraction of sp³-hybridized carbons (Fsp3) is 0.696. The normalized spacial score (nSPS) is 12.1. The molecule has 41 heavy (non-hydrogen) atoms. The van der Waals surface area contributed by atoms with E-state index in [9.17, 15) is 33.6 Å². The lowest BCUT2D eigenvalue weighted by molar-refractivity contribution is -0.131. The average molecular weight is 567 g/mol. The Hall–Kier alpha value is -3.29. The van der Waals surface area contributed by atoms with Crippen LogP contribution in [0.15, 0.2) is 0 Å². The molecule has 0 rings (SSSR count). The molecule has 0 aliphatic carbocycles. The number of carbonyl (C=O) groups excluding carboxylic acids is 7. The van der Waals surface area contributed by atoms with E-state index in [1.807, 2.05) is 20.9 Å². The van der Waals surface area contributed by atoms with Crippen molar-refractivity contribution in [2.45, 2.75) is 77.3 Å². The van der Waals surface area contributed by atoms with Gasteiger partial charge < -0.3 is 31.5 Å². The Bertz CT molecular complexity index is 894. The van der Waals surface area contributed by atoms with Crippen molar-refractivity contribution in [2.75, 3.05) is 19.6 Å². The Morgan fingerprint density at radius 2 is 1.22 bits per heavy atom. The Morgan fingerprint density at radius 1 is 0.659 bits per heavy atom. The van der Waals surface area contributed by atoms with Gasteiger partial charge in [-0.2, -0.15) is 0 Å². The lowest BCUT2D eigenvalue weighted by atomic mass is 10.0. The first-order chi connectivity index (χ1) is 19.4. The quantitative estimate of drug-likeness (QED) is 0.0605. The van der Waals surface area contributed by atoms with E-state index >= 15 is 0 Å². The molecule has 0 spiro atoms. The summed E-state index contributed by atoms with van der Waals surface area (Å²) in [6.07, 6.45) is 1.96. The number of ketones is 1.